The summed E-state index contributed by atoms with van der Waals surface area (Å²) in [7, 11) is 1.49. The number of piperidine rings is 1. The van der Waals surface area contributed by atoms with Crippen molar-refractivity contribution >= 4 is 23.5 Å². The summed E-state index contributed by atoms with van der Waals surface area (Å²) >= 11 is 0. The molecule has 0 bridgehead atoms. The number of carboxylic acid groups (broad SMARTS) is 1. The number of carbonyl (C=O) groups excluding carboxylic acids is 2. The Morgan fingerprint density at radius 2 is 1.97 bits per heavy atom. The lowest BCUT2D eigenvalue weighted by Gasteiger charge is -2.32. The molecule has 2 heterocycles. The Hall–Kier alpha value is -3.55. The highest BCUT2D eigenvalue weighted by Gasteiger charge is 2.37. The van der Waals surface area contributed by atoms with E-state index < -0.39 is 12.0 Å². The lowest BCUT2D eigenvalue weighted by Crippen LogP contribution is -2.47. The van der Waals surface area contributed by atoms with Gasteiger partial charge in [0.25, 0.3) is 5.91 Å². The van der Waals surface area contributed by atoms with E-state index in [-0.39, 0.29) is 24.8 Å². The van der Waals surface area contributed by atoms with Crippen molar-refractivity contribution in [2.24, 2.45) is 0 Å². The lowest BCUT2D eigenvalue weighted by molar-refractivity contribution is -0.136. The number of methoxy groups -OCH3 is 1. The number of nitrogens with zero attached hydrogens (tertiary/aromatic N) is 1. The average molecular weight is 424 g/mol. The molecule has 2 aliphatic heterocycles. The van der Waals surface area contributed by atoms with Gasteiger partial charge >= 0.3 is 5.97 Å². The van der Waals surface area contributed by atoms with Crippen LogP contribution in [0, 0.1) is 0 Å². The first kappa shape index (κ1) is 20.7. The predicted octanol–water partition coefficient (Wildman–Crippen LogP) is 2.85. The average Bonchev–Trinajstić information content (AvgIpc) is 2.86. The summed E-state index contributed by atoms with van der Waals surface area (Å²) in [5.74, 6) is -0.507. The summed E-state index contributed by atoms with van der Waals surface area (Å²) in [4.78, 5) is 38.4. The molecule has 8 heteroatoms. The number of aliphatic carboxylic acids is 1. The fourth-order valence-corrected chi connectivity index (χ4v) is 4.10. The third-order valence-electron chi connectivity index (χ3n) is 5.60. The SMILES string of the molecule is COc1cc2c(cc1OCc1cccc(CC(=O)O)c1)NC(=O)[C@@H]1CCCCN1C2=O. The quantitative estimate of drug-likeness (QED) is 0.739. The van der Waals surface area contributed by atoms with Gasteiger partial charge in [0.05, 0.1) is 24.8 Å². The number of benzene rings is 2. The molecule has 0 spiro atoms. The maximum atomic E-state index is 13.1. The van der Waals surface area contributed by atoms with E-state index in [1.54, 1.807) is 35.2 Å². The van der Waals surface area contributed by atoms with Crippen molar-refractivity contribution in [3.63, 3.8) is 0 Å². The van der Waals surface area contributed by atoms with E-state index in [0.717, 1.165) is 18.4 Å². The second-order valence-electron chi connectivity index (χ2n) is 7.73. The summed E-state index contributed by atoms with van der Waals surface area (Å²) < 4.78 is 11.4. The van der Waals surface area contributed by atoms with Gasteiger partial charge in [0.2, 0.25) is 5.91 Å². The molecule has 1 fully saturated rings. The van der Waals surface area contributed by atoms with Crippen molar-refractivity contribution < 1.29 is 29.0 Å². The number of hydrogen-bond acceptors (Lipinski definition) is 5. The van der Waals surface area contributed by atoms with E-state index in [2.05, 4.69) is 5.32 Å². The number of ether oxygens (including phenoxy) is 2. The van der Waals surface area contributed by atoms with Crippen molar-refractivity contribution in [3.8, 4) is 11.5 Å². The van der Waals surface area contributed by atoms with Gasteiger partial charge in [-0.1, -0.05) is 24.3 Å². The molecular formula is C23H24N2O6. The minimum atomic E-state index is -0.901. The first-order chi connectivity index (χ1) is 15.0. The molecule has 2 N–H and O–H groups in total. The molecule has 1 saturated heterocycles. The standard InChI is InChI=1S/C23H24N2O6/c1-30-19-11-16-17(24-22(28)18-7-2-3-8-25(18)23(16)29)12-20(19)31-13-15-6-4-5-14(9-15)10-21(26)27/h4-6,9,11-12,18H,2-3,7-8,10,13H2,1H3,(H,24,28)(H,26,27)/t18-/m0/s1. The van der Waals surface area contributed by atoms with Crippen molar-refractivity contribution in [1.29, 1.82) is 0 Å². The predicted molar refractivity (Wildman–Crippen MR) is 112 cm³/mol. The Balaban J connectivity index is 1.60. The molecule has 0 unspecified atom stereocenters. The van der Waals surface area contributed by atoms with Crippen molar-refractivity contribution in [2.75, 3.05) is 19.0 Å². The third-order valence-corrected chi connectivity index (χ3v) is 5.60. The molecule has 162 valence electrons. The maximum absolute atomic E-state index is 13.1. The fourth-order valence-electron chi connectivity index (χ4n) is 4.10. The molecule has 2 aliphatic rings. The van der Waals surface area contributed by atoms with Gasteiger partial charge in [-0.05, 0) is 36.5 Å². The van der Waals surface area contributed by atoms with Crippen molar-refractivity contribution in [2.45, 2.75) is 38.3 Å². The van der Waals surface area contributed by atoms with Gasteiger partial charge in [0, 0.05) is 12.6 Å². The van der Waals surface area contributed by atoms with Gasteiger partial charge in [0.1, 0.15) is 12.6 Å². The highest BCUT2D eigenvalue weighted by molar-refractivity contribution is 6.10. The molecule has 8 nitrogen and oxygen atoms in total. The van der Waals surface area contributed by atoms with Crippen LogP contribution < -0.4 is 14.8 Å². The molecule has 4 rings (SSSR count). The van der Waals surface area contributed by atoms with Crippen LogP contribution in [0.15, 0.2) is 36.4 Å². The molecule has 0 aromatic heterocycles. The molecule has 0 saturated carbocycles. The van der Waals surface area contributed by atoms with E-state index in [1.165, 1.54) is 7.11 Å². The van der Waals surface area contributed by atoms with Crippen LogP contribution in [0.5, 0.6) is 11.5 Å². The summed E-state index contributed by atoms with van der Waals surface area (Å²) in [5, 5.41) is 11.8. The van der Waals surface area contributed by atoms with Gasteiger partial charge in [-0.3, -0.25) is 14.4 Å². The van der Waals surface area contributed by atoms with Crippen LogP contribution in [0.2, 0.25) is 0 Å². The number of nitrogens with one attached hydrogen (secondary N) is 1. The lowest BCUT2D eigenvalue weighted by atomic mass is 10.0. The summed E-state index contributed by atoms with van der Waals surface area (Å²) in [6.45, 7) is 0.739. The van der Waals surface area contributed by atoms with Crippen LogP contribution >= 0.6 is 0 Å². The Labute approximate surface area is 179 Å². The number of amides is 2. The van der Waals surface area contributed by atoms with Gasteiger partial charge in [-0.25, -0.2) is 0 Å². The first-order valence-electron chi connectivity index (χ1n) is 10.2. The Morgan fingerprint density at radius 1 is 1.16 bits per heavy atom. The van der Waals surface area contributed by atoms with E-state index in [9.17, 15) is 14.4 Å². The molecule has 2 aromatic carbocycles. The van der Waals surface area contributed by atoms with Crippen LogP contribution in [0.25, 0.3) is 0 Å². The topological polar surface area (TPSA) is 105 Å². The largest absolute Gasteiger partial charge is 0.493 e. The number of rotatable bonds is 6. The number of hydrogen-bond donors (Lipinski definition) is 2. The molecule has 0 radical (unpaired) electrons. The molecular weight excluding hydrogens is 400 g/mol. The van der Waals surface area contributed by atoms with Crippen LogP contribution in [0.1, 0.15) is 40.7 Å². The number of carbonyl (C=O) groups is 3. The van der Waals surface area contributed by atoms with Crippen LogP contribution in [0.3, 0.4) is 0 Å². The minimum absolute atomic E-state index is 0.0676. The summed E-state index contributed by atoms with van der Waals surface area (Å²) in [6, 6.07) is 9.89. The maximum Gasteiger partial charge on any atom is 0.307 e. The summed E-state index contributed by atoms with van der Waals surface area (Å²) in [5.41, 5.74) is 2.26. The highest BCUT2D eigenvalue weighted by atomic mass is 16.5. The number of anilines is 1. The molecule has 2 aromatic rings. The zero-order chi connectivity index (χ0) is 22.0. The van der Waals surface area contributed by atoms with Crippen molar-refractivity contribution in [3.05, 3.63) is 53.1 Å². The molecule has 2 amide bonds. The highest BCUT2D eigenvalue weighted by Crippen LogP contribution is 2.37. The Kier molecular flexibility index (Phi) is 5.79. The Bertz CT molecular complexity index is 1030. The number of carboxylic acids is 1. The van der Waals surface area contributed by atoms with Crippen LogP contribution in [-0.2, 0) is 22.6 Å². The molecule has 1 atom stereocenters. The van der Waals surface area contributed by atoms with Crippen LogP contribution in [0.4, 0.5) is 5.69 Å². The second-order valence-corrected chi connectivity index (χ2v) is 7.73. The zero-order valence-corrected chi connectivity index (χ0v) is 17.2. The van der Waals surface area contributed by atoms with E-state index >= 15 is 0 Å². The third kappa shape index (κ3) is 4.33. The zero-order valence-electron chi connectivity index (χ0n) is 17.2. The van der Waals surface area contributed by atoms with E-state index in [4.69, 9.17) is 14.6 Å². The summed E-state index contributed by atoms with van der Waals surface area (Å²) in [6.07, 6.45) is 2.38. The van der Waals surface area contributed by atoms with Gasteiger partial charge in [-0.2, -0.15) is 0 Å². The second kappa shape index (κ2) is 8.67. The fraction of sp³-hybridized carbons (Fsp3) is 0.348. The van der Waals surface area contributed by atoms with E-state index in [1.807, 2.05) is 6.07 Å². The normalized spacial score (nSPS) is 17.8. The Morgan fingerprint density at radius 3 is 2.74 bits per heavy atom. The molecule has 0 aliphatic carbocycles. The van der Waals surface area contributed by atoms with Gasteiger partial charge in [-0.15, -0.1) is 0 Å². The molecule has 31 heavy (non-hydrogen) atoms. The van der Waals surface area contributed by atoms with E-state index in [0.29, 0.717) is 41.3 Å². The monoisotopic (exact) mass is 424 g/mol. The van der Waals surface area contributed by atoms with Gasteiger partial charge in [0.15, 0.2) is 11.5 Å². The van der Waals surface area contributed by atoms with Crippen LogP contribution in [-0.4, -0.2) is 47.5 Å². The van der Waals surface area contributed by atoms with Crippen molar-refractivity contribution in [1.82, 2.24) is 4.90 Å². The smallest absolute Gasteiger partial charge is 0.307 e. The minimum Gasteiger partial charge on any atom is -0.493 e. The van der Waals surface area contributed by atoms with Gasteiger partial charge < -0.3 is 24.8 Å². The first-order valence-corrected chi connectivity index (χ1v) is 10.2. The number of fused-ring (bicyclic) bond motifs is 2.